The second kappa shape index (κ2) is 8.80. The smallest absolute Gasteiger partial charge is 0.279 e. The van der Waals surface area contributed by atoms with Gasteiger partial charge in [0.25, 0.3) is 5.91 Å². The van der Waals surface area contributed by atoms with Crippen LogP contribution in [0.4, 0.5) is 0 Å². The first-order chi connectivity index (χ1) is 14.5. The fraction of sp³-hybridized carbons (Fsp3) is 0.231. The van der Waals surface area contributed by atoms with Crippen molar-refractivity contribution in [1.82, 2.24) is 4.57 Å². The lowest BCUT2D eigenvalue weighted by Gasteiger charge is -2.05. The van der Waals surface area contributed by atoms with Crippen LogP contribution in [0.15, 0.2) is 71.7 Å². The van der Waals surface area contributed by atoms with Crippen LogP contribution in [0.2, 0.25) is 0 Å². The Hall–Kier alpha value is -2.98. The number of nitrogens with zero attached hydrogens (tertiary/aromatic N) is 2. The van der Waals surface area contributed by atoms with Crippen molar-refractivity contribution in [2.45, 2.75) is 40.2 Å². The molecule has 0 atom stereocenters. The number of benzene rings is 3. The lowest BCUT2D eigenvalue weighted by molar-refractivity contribution is 0.0998. The molecule has 0 aliphatic rings. The highest BCUT2D eigenvalue weighted by Gasteiger charge is 2.10. The van der Waals surface area contributed by atoms with E-state index >= 15 is 0 Å². The Morgan fingerprint density at radius 2 is 1.60 bits per heavy atom. The van der Waals surface area contributed by atoms with Crippen LogP contribution in [0, 0.1) is 13.8 Å². The molecule has 4 rings (SSSR count). The predicted molar refractivity (Wildman–Crippen MR) is 125 cm³/mol. The van der Waals surface area contributed by atoms with Gasteiger partial charge in [0.15, 0.2) is 4.80 Å². The Morgan fingerprint density at radius 3 is 2.30 bits per heavy atom. The van der Waals surface area contributed by atoms with Crippen LogP contribution in [-0.2, 0) is 13.0 Å². The number of thiazole rings is 1. The van der Waals surface area contributed by atoms with Crippen molar-refractivity contribution in [3.63, 3.8) is 0 Å². The van der Waals surface area contributed by atoms with Crippen molar-refractivity contribution in [3.05, 3.63) is 99.3 Å². The second-order valence-corrected chi connectivity index (χ2v) is 8.73. The third kappa shape index (κ3) is 4.29. The summed E-state index contributed by atoms with van der Waals surface area (Å²) in [5.41, 5.74) is 6.76. The maximum absolute atomic E-state index is 12.9. The molecule has 4 heteroatoms. The van der Waals surface area contributed by atoms with E-state index < -0.39 is 0 Å². The number of fused-ring (bicyclic) bond motifs is 1. The van der Waals surface area contributed by atoms with Crippen molar-refractivity contribution in [2.24, 2.45) is 4.99 Å². The van der Waals surface area contributed by atoms with Crippen LogP contribution in [0.25, 0.3) is 10.2 Å². The number of carbonyl (C=O) groups is 1. The number of aromatic nitrogens is 1. The Bertz CT molecular complexity index is 1250. The Kier molecular flexibility index (Phi) is 5.96. The van der Waals surface area contributed by atoms with E-state index in [9.17, 15) is 4.79 Å². The van der Waals surface area contributed by atoms with Crippen molar-refractivity contribution in [2.75, 3.05) is 0 Å². The van der Waals surface area contributed by atoms with Gasteiger partial charge in [0.05, 0.1) is 10.2 Å². The maximum Gasteiger partial charge on any atom is 0.279 e. The van der Waals surface area contributed by atoms with Gasteiger partial charge in [0.1, 0.15) is 0 Å². The molecule has 1 heterocycles. The number of aryl methyl sites for hydroxylation is 3. The minimum Gasteiger partial charge on any atom is -0.316 e. The van der Waals surface area contributed by atoms with Crippen LogP contribution in [-0.4, -0.2) is 10.5 Å². The molecule has 30 heavy (non-hydrogen) atoms. The number of hydrogen-bond acceptors (Lipinski definition) is 2. The van der Waals surface area contributed by atoms with Gasteiger partial charge in [-0.3, -0.25) is 4.79 Å². The average Bonchev–Trinajstić information content (AvgIpc) is 3.06. The standard InChI is InChI=1S/C26H26N2OS/c1-4-14-28-23-15-18(2)19(3)16-24(23)30-26(28)27-25(29)22-12-10-21(11-13-22)17-20-8-6-5-7-9-20/h5-13,15-16H,4,14,17H2,1-3H3. The van der Waals surface area contributed by atoms with Crippen LogP contribution in [0.3, 0.4) is 0 Å². The molecule has 1 aromatic heterocycles. The van der Waals surface area contributed by atoms with Gasteiger partial charge in [-0.15, -0.1) is 0 Å². The summed E-state index contributed by atoms with van der Waals surface area (Å²) in [6, 6.07) is 22.6. The molecule has 3 nitrogen and oxygen atoms in total. The molecule has 0 aliphatic carbocycles. The molecule has 0 radical (unpaired) electrons. The first-order valence-electron chi connectivity index (χ1n) is 10.4. The largest absolute Gasteiger partial charge is 0.316 e. The summed E-state index contributed by atoms with van der Waals surface area (Å²) in [7, 11) is 0. The molecule has 0 unspecified atom stereocenters. The molecule has 0 saturated carbocycles. The first kappa shape index (κ1) is 20.3. The molecule has 0 aliphatic heterocycles. The van der Waals surface area contributed by atoms with Gasteiger partial charge in [-0.1, -0.05) is 60.7 Å². The highest BCUT2D eigenvalue weighted by Crippen LogP contribution is 2.22. The van der Waals surface area contributed by atoms with Gasteiger partial charge in [-0.25, -0.2) is 0 Å². The molecule has 0 fully saturated rings. The van der Waals surface area contributed by atoms with E-state index in [0.717, 1.165) is 29.7 Å². The molecule has 4 aromatic rings. The molecule has 0 bridgehead atoms. The van der Waals surface area contributed by atoms with Crippen LogP contribution < -0.4 is 4.80 Å². The molecule has 152 valence electrons. The normalized spacial score (nSPS) is 11.9. The molecule has 0 saturated heterocycles. The fourth-order valence-electron chi connectivity index (χ4n) is 3.59. The Morgan fingerprint density at radius 1 is 0.933 bits per heavy atom. The van der Waals surface area contributed by atoms with Crippen molar-refractivity contribution in [3.8, 4) is 0 Å². The minimum absolute atomic E-state index is 0.189. The summed E-state index contributed by atoms with van der Waals surface area (Å²) in [6.45, 7) is 7.25. The van der Waals surface area contributed by atoms with E-state index in [1.807, 2.05) is 42.5 Å². The van der Waals surface area contributed by atoms with E-state index in [1.165, 1.54) is 27.0 Å². The number of hydrogen-bond donors (Lipinski definition) is 0. The lowest BCUT2D eigenvalue weighted by Crippen LogP contribution is -2.17. The first-order valence-corrected chi connectivity index (χ1v) is 11.2. The molecule has 1 amide bonds. The summed E-state index contributed by atoms with van der Waals surface area (Å²) in [6.07, 6.45) is 1.85. The Labute approximate surface area is 181 Å². The number of amides is 1. The van der Waals surface area contributed by atoms with Gasteiger partial charge >= 0.3 is 0 Å². The monoisotopic (exact) mass is 414 g/mol. The zero-order valence-corrected chi connectivity index (χ0v) is 18.5. The van der Waals surface area contributed by atoms with Crippen molar-refractivity contribution < 1.29 is 4.79 Å². The highest BCUT2D eigenvalue weighted by atomic mass is 32.1. The van der Waals surface area contributed by atoms with Crippen LogP contribution in [0.5, 0.6) is 0 Å². The Balaban J connectivity index is 1.65. The quantitative estimate of drug-likeness (QED) is 0.391. The van der Waals surface area contributed by atoms with E-state index in [2.05, 4.69) is 54.6 Å². The summed E-state index contributed by atoms with van der Waals surface area (Å²) in [4.78, 5) is 18.2. The second-order valence-electron chi connectivity index (χ2n) is 7.72. The molecule has 3 aromatic carbocycles. The zero-order valence-electron chi connectivity index (χ0n) is 17.7. The van der Waals surface area contributed by atoms with Crippen molar-refractivity contribution in [1.29, 1.82) is 0 Å². The summed E-state index contributed by atoms with van der Waals surface area (Å²) in [5, 5.41) is 0. The van der Waals surface area contributed by atoms with Crippen molar-refractivity contribution >= 4 is 27.5 Å². The molecule has 0 N–H and O–H groups in total. The third-order valence-electron chi connectivity index (χ3n) is 5.39. The van der Waals surface area contributed by atoms with Gasteiger partial charge in [-0.05, 0) is 73.2 Å². The average molecular weight is 415 g/mol. The van der Waals surface area contributed by atoms with E-state index in [-0.39, 0.29) is 5.91 Å². The van der Waals surface area contributed by atoms with Crippen LogP contribution in [0.1, 0.15) is 46.0 Å². The van der Waals surface area contributed by atoms with Gasteiger partial charge in [0.2, 0.25) is 0 Å². The summed E-state index contributed by atoms with van der Waals surface area (Å²) in [5.74, 6) is -0.189. The van der Waals surface area contributed by atoms with Gasteiger partial charge < -0.3 is 4.57 Å². The van der Waals surface area contributed by atoms with E-state index in [1.54, 1.807) is 11.3 Å². The predicted octanol–water partition coefficient (Wildman–Crippen LogP) is 6.06. The molecular weight excluding hydrogens is 388 g/mol. The van der Waals surface area contributed by atoms with E-state index in [0.29, 0.717) is 5.56 Å². The summed E-state index contributed by atoms with van der Waals surface area (Å²) < 4.78 is 3.35. The summed E-state index contributed by atoms with van der Waals surface area (Å²) >= 11 is 1.59. The zero-order chi connectivity index (χ0) is 21.1. The van der Waals surface area contributed by atoms with E-state index in [4.69, 9.17) is 0 Å². The van der Waals surface area contributed by atoms with Gasteiger partial charge in [0, 0.05) is 12.1 Å². The maximum atomic E-state index is 12.9. The molecular formula is C26H26N2OS. The lowest BCUT2D eigenvalue weighted by atomic mass is 10.0. The third-order valence-corrected chi connectivity index (χ3v) is 6.44. The number of carbonyl (C=O) groups excluding carboxylic acids is 1. The van der Waals surface area contributed by atoms with Gasteiger partial charge in [-0.2, -0.15) is 4.99 Å². The minimum atomic E-state index is -0.189. The SMILES string of the molecule is CCCn1c(=NC(=O)c2ccc(Cc3ccccc3)cc2)sc2cc(C)c(C)cc21. The number of rotatable bonds is 5. The topological polar surface area (TPSA) is 34.4 Å². The van der Waals surface area contributed by atoms with Crippen LogP contribution >= 0.6 is 11.3 Å². The fourth-order valence-corrected chi connectivity index (χ4v) is 4.73. The molecule has 0 spiro atoms. The highest BCUT2D eigenvalue weighted by molar-refractivity contribution is 7.16.